The van der Waals surface area contributed by atoms with Gasteiger partial charge in [0.25, 0.3) is 0 Å². The highest BCUT2D eigenvalue weighted by Gasteiger charge is 2.49. The van der Waals surface area contributed by atoms with E-state index >= 15 is 0 Å². The summed E-state index contributed by atoms with van der Waals surface area (Å²) in [6, 6.07) is 62.2. The molecule has 2 nitrogen and oxygen atoms in total. The van der Waals surface area contributed by atoms with E-state index in [0.29, 0.717) is 5.92 Å². The van der Waals surface area contributed by atoms with Crippen molar-refractivity contribution in [3.05, 3.63) is 175 Å². The minimum absolute atomic E-state index is 0.601. The van der Waals surface area contributed by atoms with Gasteiger partial charge in [0.1, 0.15) is 11.2 Å². The van der Waals surface area contributed by atoms with Gasteiger partial charge in [-0.15, -0.1) is 0 Å². The number of benzene rings is 7. The van der Waals surface area contributed by atoms with Crippen molar-refractivity contribution in [2.75, 3.05) is 4.90 Å². The fraction of sp³-hybridized carbons (Fsp3) is 0.192. The highest BCUT2D eigenvalue weighted by molar-refractivity contribution is 6.06. The Morgan fingerprint density at radius 3 is 1.59 bits per heavy atom. The molecule has 12 rings (SSSR count). The van der Waals surface area contributed by atoms with E-state index in [2.05, 4.69) is 175 Å². The maximum atomic E-state index is 6.48. The molecule has 0 amide bonds. The quantitative estimate of drug-likeness (QED) is 0.165. The molecule has 2 heteroatoms. The molecule has 0 N–H and O–H groups in total. The molecule has 0 aliphatic heterocycles. The lowest BCUT2D eigenvalue weighted by Crippen LogP contribution is -2.43. The van der Waals surface area contributed by atoms with Gasteiger partial charge in [-0.05, 0) is 143 Å². The Hall–Kier alpha value is -5.86. The van der Waals surface area contributed by atoms with Crippen molar-refractivity contribution in [1.82, 2.24) is 0 Å². The number of anilines is 3. The molecule has 1 heterocycles. The van der Waals surface area contributed by atoms with Gasteiger partial charge in [0.2, 0.25) is 0 Å². The van der Waals surface area contributed by atoms with Crippen LogP contribution in [0.15, 0.2) is 174 Å². The van der Waals surface area contributed by atoms with Gasteiger partial charge < -0.3 is 9.32 Å². The van der Waals surface area contributed by atoms with E-state index in [1.54, 1.807) is 0 Å². The standard InChI is InChI=1S/C52H43NO/c1-3-11-36(12-4-1)44-15-7-8-16-45(44)38-19-21-41(22-20-38)53(43-24-26-48-47-17-9-10-18-50(47)54-51(48)33-43)42-23-25-46(37-13-5-2-6-14-37)49(32-42)52-39-28-34-27-35(30-39)31-40(52)29-34/h1-26,32-35,39-40,52H,27-31H2. The van der Waals surface area contributed by atoms with E-state index in [4.69, 9.17) is 4.42 Å². The van der Waals surface area contributed by atoms with E-state index in [-0.39, 0.29) is 0 Å². The molecule has 4 fully saturated rings. The van der Waals surface area contributed by atoms with Crippen molar-refractivity contribution < 1.29 is 4.42 Å². The number of furan rings is 1. The zero-order valence-corrected chi connectivity index (χ0v) is 30.4. The van der Waals surface area contributed by atoms with Gasteiger partial charge in [0.15, 0.2) is 0 Å². The third-order valence-corrected chi connectivity index (χ3v) is 13.0. The number of nitrogens with zero attached hydrogens (tertiary/aromatic N) is 1. The minimum atomic E-state index is 0.601. The fourth-order valence-corrected chi connectivity index (χ4v) is 11.0. The molecule has 8 aromatic rings. The van der Waals surface area contributed by atoms with Crippen LogP contribution in [0.25, 0.3) is 55.3 Å². The minimum Gasteiger partial charge on any atom is -0.456 e. The molecule has 0 unspecified atom stereocenters. The van der Waals surface area contributed by atoms with Crippen LogP contribution in [0.3, 0.4) is 0 Å². The number of fused-ring (bicyclic) bond motifs is 3. The largest absolute Gasteiger partial charge is 0.456 e. The van der Waals surface area contributed by atoms with Crippen LogP contribution in [0.4, 0.5) is 17.1 Å². The van der Waals surface area contributed by atoms with Crippen LogP contribution in [0.5, 0.6) is 0 Å². The highest BCUT2D eigenvalue weighted by atomic mass is 16.3. The zero-order chi connectivity index (χ0) is 35.6. The van der Waals surface area contributed by atoms with Crippen LogP contribution >= 0.6 is 0 Å². The molecule has 0 spiro atoms. The van der Waals surface area contributed by atoms with Crippen molar-refractivity contribution >= 4 is 39.0 Å². The van der Waals surface area contributed by atoms with Crippen LogP contribution in [0.2, 0.25) is 0 Å². The Morgan fingerprint density at radius 2 is 0.907 bits per heavy atom. The summed E-state index contributed by atoms with van der Waals surface area (Å²) in [7, 11) is 0. The van der Waals surface area contributed by atoms with E-state index in [1.165, 1.54) is 76.7 Å². The second-order valence-electron chi connectivity index (χ2n) is 16.2. The number of rotatable bonds is 7. The first-order valence-corrected chi connectivity index (χ1v) is 19.9. The second kappa shape index (κ2) is 12.9. The average Bonchev–Trinajstić information content (AvgIpc) is 3.60. The Balaban J connectivity index is 1.07. The van der Waals surface area contributed by atoms with Crippen molar-refractivity contribution in [2.24, 2.45) is 23.7 Å². The molecular formula is C52H43NO. The Labute approximate surface area is 317 Å². The maximum absolute atomic E-state index is 6.48. The van der Waals surface area contributed by atoms with Gasteiger partial charge >= 0.3 is 0 Å². The smallest absolute Gasteiger partial charge is 0.137 e. The summed E-state index contributed by atoms with van der Waals surface area (Å²) < 4.78 is 6.48. The number of para-hydroxylation sites is 1. The molecule has 1 aromatic heterocycles. The first-order chi connectivity index (χ1) is 26.7. The monoisotopic (exact) mass is 697 g/mol. The summed E-state index contributed by atoms with van der Waals surface area (Å²) in [4.78, 5) is 2.45. The summed E-state index contributed by atoms with van der Waals surface area (Å²) in [5.74, 6) is 4.03. The third kappa shape index (κ3) is 5.38. The van der Waals surface area contributed by atoms with E-state index in [0.717, 1.165) is 57.0 Å². The maximum Gasteiger partial charge on any atom is 0.137 e. The van der Waals surface area contributed by atoms with Gasteiger partial charge in [0.05, 0.1) is 0 Å². The average molecular weight is 698 g/mol. The van der Waals surface area contributed by atoms with Crippen LogP contribution in [-0.4, -0.2) is 0 Å². The molecule has 4 aliphatic rings. The molecule has 0 saturated heterocycles. The van der Waals surface area contributed by atoms with Crippen LogP contribution < -0.4 is 4.90 Å². The van der Waals surface area contributed by atoms with Crippen molar-refractivity contribution in [3.63, 3.8) is 0 Å². The third-order valence-electron chi connectivity index (χ3n) is 13.0. The van der Waals surface area contributed by atoms with Crippen LogP contribution in [-0.2, 0) is 0 Å². The molecule has 262 valence electrons. The topological polar surface area (TPSA) is 16.4 Å². The molecular weight excluding hydrogens is 655 g/mol. The normalized spacial score (nSPS) is 21.5. The van der Waals surface area contributed by atoms with Crippen molar-refractivity contribution in [3.8, 4) is 33.4 Å². The van der Waals surface area contributed by atoms with Gasteiger partial charge in [0, 0.05) is 33.9 Å². The van der Waals surface area contributed by atoms with Crippen molar-refractivity contribution in [1.29, 1.82) is 0 Å². The Kier molecular flexibility index (Phi) is 7.57. The summed E-state index contributed by atoms with van der Waals surface area (Å²) in [5, 5.41) is 2.30. The van der Waals surface area contributed by atoms with E-state index in [9.17, 15) is 0 Å². The first-order valence-electron chi connectivity index (χ1n) is 19.9. The van der Waals surface area contributed by atoms with Gasteiger partial charge in [-0.25, -0.2) is 0 Å². The molecule has 7 aromatic carbocycles. The fourth-order valence-electron chi connectivity index (χ4n) is 11.0. The Morgan fingerprint density at radius 1 is 0.389 bits per heavy atom. The van der Waals surface area contributed by atoms with Gasteiger partial charge in [-0.2, -0.15) is 0 Å². The molecule has 0 radical (unpaired) electrons. The highest BCUT2D eigenvalue weighted by Crippen LogP contribution is 2.61. The number of hydrogen-bond acceptors (Lipinski definition) is 2. The number of hydrogen-bond donors (Lipinski definition) is 0. The van der Waals surface area contributed by atoms with E-state index in [1.807, 2.05) is 0 Å². The second-order valence-corrected chi connectivity index (χ2v) is 16.2. The Bertz CT molecular complexity index is 2590. The summed E-state index contributed by atoms with van der Waals surface area (Å²) >= 11 is 0. The van der Waals surface area contributed by atoms with Gasteiger partial charge in [-0.1, -0.05) is 121 Å². The van der Waals surface area contributed by atoms with Crippen LogP contribution in [0.1, 0.15) is 43.6 Å². The molecule has 54 heavy (non-hydrogen) atoms. The molecule has 4 saturated carbocycles. The van der Waals surface area contributed by atoms with Gasteiger partial charge in [-0.3, -0.25) is 0 Å². The summed E-state index contributed by atoms with van der Waals surface area (Å²) in [6.45, 7) is 0. The first kappa shape index (κ1) is 31.6. The van der Waals surface area contributed by atoms with Crippen molar-refractivity contribution in [2.45, 2.75) is 38.0 Å². The summed E-state index contributed by atoms with van der Waals surface area (Å²) in [6.07, 6.45) is 7.06. The lowest BCUT2D eigenvalue weighted by Gasteiger charge is -2.55. The van der Waals surface area contributed by atoms with Crippen LogP contribution in [0, 0.1) is 23.7 Å². The molecule has 4 bridgehead atoms. The lowest BCUT2D eigenvalue weighted by atomic mass is 9.50. The molecule has 0 atom stereocenters. The predicted molar refractivity (Wildman–Crippen MR) is 224 cm³/mol. The zero-order valence-electron chi connectivity index (χ0n) is 30.4. The lowest BCUT2D eigenvalue weighted by molar-refractivity contribution is -0.00258. The SMILES string of the molecule is c1ccc(-c2ccccc2-c2ccc(N(c3ccc(-c4ccccc4)c(C4C5CC6CC(C5)CC4C6)c3)c3ccc4c(c3)oc3ccccc34)cc2)cc1. The summed E-state index contributed by atoms with van der Waals surface area (Å²) in [5.41, 5.74) is 14.5. The van der Waals surface area contributed by atoms with E-state index < -0.39 is 0 Å². The molecule has 4 aliphatic carbocycles. The predicted octanol–water partition coefficient (Wildman–Crippen LogP) is 14.6.